The summed E-state index contributed by atoms with van der Waals surface area (Å²) in [6, 6.07) is 0. The van der Waals surface area contributed by atoms with Crippen molar-refractivity contribution in [1.82, 2.24) is 4.90 Å². The standard InChI is InChI=1S/C11H18BNO4/c1-7-12-16-8(14)10(2,3)13(6)11(4,5)9(15)17-12/h7H,1H2,2-6H3. The highest BCUT2D eigenvalue weighted by molar-refractivity contribution is 6.54. The monoisotopic (exact) mass is 239 g/mol. The van der Waals surface area contributed by atoms with Crippen LogP contribution in [0.15, 0.2) is 12.6 Å². The van der Waals surface area contributed by atoms with Gasteiger partial charge in [0.25, 0.3) is 0 Å². The minimum Gasteiger partial charge on any atom is -0.494 e. The summed E-state index contributed by atoms with van der Waals surface area (Å²) in [5.74, 6) is 0.378. The normalized spacial score (nSPS) is 24.4. The van der Waals surface area contributed by atoms with E-state index >= 15 is 0 Å². The molecule has 0 aliphatic carbocycles. The van der Waals surface area contributed by atoms with Crippen molar-refractivity contribution in [3.8, 4) is 0 Å². The van der Waals surface area contributed by atoms with E-state index in [9.17, 15) is 9.59 Å². The molecule has 0 saturated carbocycles. The second-order valence-corrected chi connectivity index (χ2v) is 5.09. The minimum absolute atomic E-state index is 0.453. The van der Waals surface area contributed by atoms with Gasteiger partial charge in [-0.2, -0.15) is 0 Å². The van der Waals surface area contributed by atoms with Crippen LogP contribution in [0.5, 0.6) is 0 Å². The van der Waals surface area contributed by atoms with Gasteiger partial charge in [0.05, 0.1) is 0 Å². The molecule has 17 heavy (non-hydrogen) atoms. The van der Waals surface area contributed by atoms with Gasteiger partial charge >= 0.3 is 19.1 Å². The highest BCUT2D eigenvalue weighted by Gasteiger charge is 2.50. The van der Waals surface area contributed by atoms with Crippen LogP contribution in [0.3, 0.4) is 0 Å². The van der Waals surface area contributed by atoms with Crippen LogP contribution in [0.4, 0.5) is 0 Å². The average Bonchev–Trinajstić information content (AvgIpc) is 2.25. The molecule has 0 bridgehead atoms. The number of likely N-dealkylation sites (N-methyl/N-ethyl adjacent to an activating group) is 1. The van der Waals surface area contributed by atoms with Gasteiger partial charge in [-0.1, -0.05) is 0 Å². The molecule has 1 saturated heterocycles. The highest BCUT2D eigenvalue weighted by atomic mass is 16.6. The molecule has 1 aliphatic rings. The van der Waals surface area contributed by atoms with Gasteiger partial charge < -0.3 is 9.31 Å². The van der Waals surface area contributed by atoms with Crippen LogP contribution < -0.4 is 0 Å². The lowest BCUT2D eigenvalue weighted by atomic mass is 9.85. The minimum atomic E-state index is -1.03. The first kappa shape index (κ1) is 13.8. The summed E-state index contributed by atoms with van der Waals surface area (Å²) >= 11 is 0. The summed E-state index contributed by atoms with van der Waals surface area (Å²) in [7, 11) is 0.666. The van der Waals surface area contributed by atoms with Crippen LogP contribution in [0.2, 0.25) is 0 Å². The van der Waals surface area contributed by atoms with E-state index in [0.29, 0.717) is 0 Å². The molecule has 0 N–H and O–H groups in total. The molecule has 0 unspecified atom stereocenters. The molecule has 0 aromatic heterocycles. The molecule has 1 heterocycles. The van der Waals surface area contributed by atoms with Crippen LogP contribution in [0.1, 0.15) is 27.7 Å². The number of hydrogen-bond donors (Lipinski definition) is 0. The molecule has 5 nitrogen and oxygen atoms in total. The van der Waals surface area contributed by atoms with Crippen molar-refractivity contribution >= 4 is 19.1 Å². The molecule has 0 aromatic rings. The predicted octanol–water partition coefficient (Wildman–Crippen LogP) is 0.789. The molecule has 1 aliphatic heterocycles. The number of hydrogen-bond acceptors (Lipinski definition) is 5. The predicted molar refractivity (Wildman–Crippen MR) is 64.1 cm³/mol. The highest BCUT2D eigenvalue weighted by Crippen LogP contribution is 2.28. The Morgan fingerprint density at radius 2 is 1.47 bits per heavy atom. The third kappa shape index (κ3) is 2.22. The maximum absolute atomic E-state index is 12.0. The van der Waals surface area contributed by atoms with Crippen LogP contribution in [-0.4, -0.2) is 42.1 Å². The maximum Gasteiger partial charge on any atom is 0.628 e. The Hall–Kier alpha value is -1.30. The van der Waals surface area contributed by atoms with Crippen LogP contribution in [0.25, 0.3) is 0 Å². The number of carbonyl (C=O) groups excluding carboxylic acids is 2. The van der Waals surface area contributed by atoms with Crippen molar-refractivity contribution in [1.29, 1.82) is 0 Å². The molecular formula is C11H18BNO4. The van der Waals surface area contributed by atoms with Crippen molar-refractivity contribution in [2.45, 2.75) is 38.8 Å². The smallest absolute Gasteiger partial charge is 0.494 e. The zero-order valence-corrected chi connectivity index (χ0v) is 10.9. The maximum atomic E-state index is 12.0. The van der Waals surface area contributed by atoms with Crippen molar-refractivity contribution in [2.75, 3.05) is 7.05 Å². The van der Waals surface area contributed by atoms with Gasteiger partial charge in [0.15, 0.2) is 0 Å². The Morgan fingerprint density at radius 1 is 1.12 bits per heavy atom. The van der Waals surface area contributed by atoms with E-state index in [4.69, 9.17) is 9.31 Å². The van der Waals surface area contributed by atoms with Crippen molar-refractivity contribution in [3.05, 3.63) is 12.6 Å². The molecule has 94 valence electrons. The lowest BCUT2D eigenvalue weighted by molar-refractivity contribution is -0.165. The molecule has 0 radical (unpaired) electrons. The molecule has 0 aromatic carbocycles. The first-order chi connectivity index (χ1) is 7.64. The van der Waals surface area contributed by atoms with Crippen LogP contribution in [0, 0.1) is 0 Å². The van der Waals surface area contributed by atoms with Gasteiger partial charge in [0.2, 0.25) is 0 Å². The van der Waals surface area contributed by atoms with Gasteiger partial charge in [-0.05, 0) is 40.7 Å². The van der Waals surface area contributed by atoms with Gasteiger partial charge in [0.1, 0.15) is 11.1 Å². The molecule has 0 amide bonds. The third-order valence-corrected chi connectivity index (χ3v) is 3.31. The zero-order valence-electron chi connectivity index (χ0n) is 10.9. The van der Waals surface area contributed by atoms with Crippen molar-refractivity contribution < 1.29 is 18.9 Å². The lowest BCUT2D eigenvalue weighted by Crippen LogP contribution is -2.64. The Bertz CT molecular complexity index is 334. The van der Waals surface area contributed by atoms with E-state index in [0.717, 1.165) is 0 Å². The van der Waals surface area contributed by atoms with Gasteiger partial charge in [-0.25, -0.2) is 0 Å². The summed E-state index contributed by atoms with van der Waals surface area (Å²) < 4.78 is 10.1. The molecule has 1 fully saturated rings. The van der Waals surface area contributed by atoms with Crippen molar-refractivity contribution in [2.24, 2.45) is 0 Å². The fraction of sp³-hybridized carbons (Fsp3) is 0.636. The van der Waals surface area contributed by atoms with E-state index < -0.39 is 30.1 Å². The van der Waals surface area contributed by atoms with Gasteiger partial charge in [-0.15, -0.1) is 6.58 Å². The molecular weight excluding hydrogens is 221 g/mol. The second kappa shape index (κ2) is 4.18. The second-order valence-electron chi connectivity index (χ2n) is 5.09. The van der Waals surface area contributed by atoms with Gasteiger partial charge in [0, 0.05) is 0 Å². The Balaban J connectivity index is 3.19. The van der Waals surface area contributed by atoms with E-state index in [-0.39, 0.29) is 0 Å². The molecule has 6 heteroatoms. The topological polar surface area (TPSA) is 55.8 Å². The number of carbonyl (C=O) groups is 2. The number of rotatable bonds is 1. The first-order valence-electron chi connectivity index (χ1n) is 5.42. The van der Waals surface area contributed by atoms with E-state index in [2.05, 4.69) is 6.58 Å². The Kier molecular flexibility index (Phi) is 3.39. The molecule has 0 spiro atoms. The first-order valence-corrected chi connectivity index (χ1v) is 5.42. The molecule has 1 rings (SSSR count). The fourth-order valence-corrected chi connectivity index (χ4v) is 1.59. The summed E-state index contributed by atoms with van der Waals surface area (Å²) in [6.45, 7) is 10.3. The number of nitrogens with zero attached hydrogens (tertiary/aromatic N) is 1. The quantitative estimate of drug-likeness (QED) is 0.633. The third-order valence-electron chi connectivity index (χ3n) is 3.31. The van der Waals surface area contributed by atoms with Crippen LogP contribution >= 0.6 is 0 Å². The summed E-state index contributed by atoms with van der Waals surface area (Å²) in [5.41, 5.74) is -1.83. The lowest BCUT2D eigenvalue weighted by Gasteiger charge is -2.44. The van der Waals surface area contributed by atoms with E-state index in [1.165, 1.54) is 5.98 Å². The fourth-order valence-electron chi connectivity index (χ4n) is 1.59. The van der Waals surface area contributed by atoms with Crippen LogP contribution in [-0.2, 0) is 18.9 Å². The summed E-state index contributed by atoms with van der Waals surface area (Å²) in [5, 5.41) is 0. The SMILES string of the molecule is C=CB1OC(=O)C(C)(C)N(C)C(C)(C)C(=O)O1. The Labute approximate surface area is 102 Å². The largest absolute Gasteiger partial charge is 0.628 e. The Morgan fingerprint density at radius 3 is 1.76 bits per heavy atom. The van der Waals surface area contributed by atoms with E-state index in [1.54, 1.807) is 39.6 Å². The average molecular weight is 239 g/mol. The zero-order chi connectivity index (χ0) is 13.4. The van der Waals surface area contributed by atoms with Gasteiger partial charge in [-0.3, -0.25) is 14.5 Å². The van der Waals surface area contributed by atoms with E-state index in [1.807, 2.05) is 0 Å². The van der Waals surface area contributed by atoms with Crippen molar-refractivity contribution in [3.63, 3.8) is 0 Å². The summed E-state index contributed by atoms with van der Waals surface area (Å²) in [4.78, 5) is 25.6. The molecule has 0 atom stereocenters. The summed E-state index contributed by atoms with van der Waals surface area (Å²) in [6.07, 6.45) is 0.